The molecule has 1 unspecified atom stereocenters. The molecule has 0 spiro atoms. The molecular weight excluding hydrogens is 519 g/mol. The average Bonchev–Trinajstić information content (AvgIpc) is 3.41. The third kappa shape index (κ3) is 8.60. The normalized spacial score (nSPS) is 17.6. The molecule has 0 radical (unpaired) electrons. The number of piperidine rings is 1. The summed E-state index contributed by atoms with van der Waals surface area (Å²) in [5.74, 6) is -2.81. The molecule has 39 heavy (non-hydrogen) atoms. The van der Waals surface area contributed by atoms with Crippen LogP contribution in [0.1, 0.15) is 46.4 Å². The molecule has 2 aliphatic heterocycles. The minimum Gasteiger partial charge on any atom is -0.497 e. The lowest BCUT2D eigenvalue weighted by Crippen LogP contribution is -2.41. The first kappa shape index (κ1) is 29.8. The van der Waals surface area contributed by atoms with E-state index in [9.17, 15) is 27.9 Å². The second-order valence-electron chi connectivity index (χ2n) is 9.48. The molecule has 2 aromatic rings. The summed E-state index contributed by atoms with van der Waals surface area (Å²) in [7, 11) is 1.57. The van der Waals surface area contributed by atoms with E-state index in [2.05, 4.69) is 15.1 Å². The van der Waals surface area contributed by atoms with Crippen LogP contribution in [0.5, 0.6) is 5.75 Å². The Balaban J connectivity index is 0.000000532. The number of anilines is 2. The first-order valence-electron chi connectivity index (χ1n) is 12.6. The molecule has 2 fully saturated rings. The second kappa shape index (κ2) is 13.3. The van der Waals surface area contributed by atoms with Crippen molar-refractivity contribution in [2.24, 2.45) is 5.92 Å². The van der Waals surface area contributed by atoms with Crippen LogP contribution in [-0.4, -0.2) is 79.0 Å². The fourth-order valence-electron chi connectivity index (χ4n) is 4.77. The molecule has 4 rings (SSSR count). The molecule has 1 atom stereocenters. The van der Waals surface area contributed by atoms with Gasteiger partial charge in [-0.3, -0.25) is 4.79 Å². The van der Waals surface area contributed by atoms with Crippen molar-refractivity contribution in [1.82, 2.24) is 4.90 Å². The van der Waals surface area contributed by atoms with Gasteiger partial charge >= 0.3 is 18.1 Å². The summed E-state index contributed by atoms with van der Waals surface area (Å²) in [5.41, 5.74) is 1.90. The number of benzene rings is 2. The van der Waals surface area contributed by atoms with Gasteiger partial charge in [-0.25, -0.2) is 9.59 Å². The number of hydrogen-bond acceptors (Lipinski definition) is 6. The fraction of sp³-hybridized carbons (Fsp3) is 0.444. The Morgan fingerprint density at radius 3 is 2.21 bits per heavy atom. The van der Waals surface area contributed by atoms with Gasteiger partial charge in [-0.1, -0.05) is 0 Å². The van der Waals surface area contributed by atoms with Gasteiger partial charge < -0.3 is 30.1 Å². The number of aromatic carboxylic acids is 1. The molecule has 2 aliphatic rings. The molecule has 212 valence electrons. The number of hydrogen-bond donors (Lipinski definition) is 3. The number of nitrogens with zero attached hydrogens (tertiary/aromatic N) is 2. The van der Waals surface area contributed by atoms with Crippen molar-refractivity contribution in [3.05, 3.63) is 53.6 Å². The molecule has 0 saturated carbocycles. The van der Waals surface area contributed by atoms with E-state index in [1.165, 1.54) is 32.4 Å². The maximum atomic E-state index is 12.6. The van der Waals surface area contributed by atoms with E-state index in [0.717, 1.165) is 31.7 Å². The number of amides is 1. The highest BCUT2D eigenvalue weighted by molar-refractivity contribution is 6.05. The zero-order valence-electron chi connectivity index (χ0n) is 21.5. The van der Waals surface area contributed by atoms with Crippen molar-refractivity contribution < 1.29 is 42.5 Å². The van der Waals surface area contributed by atoms with Crippen LogP contribution in [0.4, 0.5) is 24.5 Å². The van der Waals surface area contributed by atoms with Gasteiger partial charge in [0.1, 0.15) is 5.75 Å². The standard InChI is InChI=1S/C25H31N3O4.C2HF3O2/c1-32-21-9-6-19(7-10-21)24(29)26-20-8-11-23(22(15-20)25(30)31)28-14-4-5-18(17-28)16-27-12-2-3-13-27;3-2(4,5)1(6)7/h6-11,15,18H,2-5,12-14,16-17H2,1H3,(H,26,29)(H,30,31);(H,6,7). The molecule has 0 aromatic heterocycles. The predicted molar refractivity (Wildman–Crippen MR) is 139 cm³/mol. The number of aliphatic carboxylic acids is 1. The van der Waals surface area contributed by atoms with Gasteiger partial charge in [0, 0.05) is 30.9 Å². The summed E-state index contributed by atoms with van der Waals surface area (Å²) in [4.78, 5) is 38.2. The van der Waals surface area contributed by atoms with Crippen molar-refractivity contribution in [3.8, 4) is 5.75 Å². The quantitative estimate of drug-likeness (QED) is 0.457. The maximum Gasteiger partial charge on any atom is 0.490 e. The van der Waals surface area contributed by atoms with Gasteiger partial charge in [0.2, 0.25) is 0 Å². The summed E-state index contributed by atoms with van der Waals surface area (Å²) in [6, 6.07) is 12.0. The number of nitrogens with one attached hydrogen (secondary N) is 1. The van der Waals surface area contributed by atoms with Gasteiger partial charge in [0.05, 0.1) is 18.4 Å². The molecule has 1 amide bonds. The lowest BCUT2D eigenvalue weighted by molar-refractivity contribution is -0.192. The molecule has 2 heterocycles. The highest BCUT2D eigenvalue weighted by atomic mass is 19.4. The van der Waals surface area contributed by atoms with E-state index in [4.69, 9.17) is 14.6 Å². The Morgan fingerprint density at radius 1 is 1.00 bits per heavy atom. The summed E-state index contributed by atoms with van der Waals surface area (Å²) in [6.45, 7) is 5.18. The van der Waals surface area contributed by atoms with Gasteiger partial charge in [0.15, 0.2) is 0 Å². The average molecular weight is 552 g/mol. The Bertz CT molecular complexity index is 1150. The van der Waals surface area contributed by atoms with Crippen molar-refractivity contribution in [3.63, 3.8) is 0 Å². The number of carboxylic acids is 2. The lowest BCUT2D eigenvalue weighted by atomic mass is 9.96. The molecule has 2 saturated heterocycles. The van der Waals surface area contributed by atoms with Crippen LogP contribution >= 0.6 is 0 Å². The van der Waals surface area contributed by atoms with Crippen LogP contribution in [0.25, 0.3) is 0 Å². The first-order valence-corrected chi connectivity index (χ1v) is 12.6. The molecule has 9 nitrogen and oxygen atoms in total. The largest absolute Gasteiger partial charge is 0.497 e. The van der Waals surface area contributed by atoms with E-state index in [0.29, 0.717) is 22.9 Å². The number of alkyl halides is 3. The molecule has 2 aromatic carbocycles. The van der Waals surface area contributed by atoms with Crippen molar-refractivity contribution in [1.29, 1.82) is 0 Å². The number of carbonyl (C=O) groups excluding carboxylic acids is 1. The van der Waals surface area contributed by atoms with Gasteiger partial charge in [0.25, 0.3) is 5.91 Å². The van der Waals surface area contributed by atoms with E-state index in [1.807, 2.05) is 6.07 Å². The van der Waals surface area contributed by atoms with Gasteiger partial charge in [-0.05, 0) is 87.2 Å². The summed E-state index contributed by atoms with van der Waals surface area (Å²) in [6.07, 6.45) is -0.272. The maximum absolute atomic E-state index is 12.6. The molecule has 12 heteroatoms. The number of rotatable bonds is 7. The van der Waals surface area contributed by atoms with Gasteiger partial charge in [-0.15, -0.1) is 0 Å². The Kier molecular flexibility index (Phi) is 10.2. The summed E-state index contributed by atoms with van der Waals surface area (Å²) < 4.78 is 36.9. The molecular formula is C27H32F3N3O6. The first-order chi connectivity index (χ1) is 18.5. The minimum absolute atomic E-state index is 0.222. The Labute approximate surface area is 224 Å². The lowest BCUT2D eigenvalue weighted by Gasteiger charge is -2.36. The number of likely N-dealkylation sites (tertiary alicyclic amines) is 1. The van der Waals surface area contributed by atoms with Crippen LogP contribution in [0.15, 0.2) is 42.5 Å². The number of methoxy groups -OCH3 is 1. The summed E-state index contributed by atoms with van der Waals surface area (Å²) >= 11 is 0. The van der Waals surface area contributed by atoms with Crippen LogP contribution in [0.3, 0.4) is 0 Å². The zero-order valence-corrected chi connectivity index (χ0v) is 21.5. The van der Waals surface area contributed by atoms with Crippen LogP contribution < -0.4 is 15.0 Å². The monoisotopic (exact) mass is 551 g/mol. The number of carboxylic acid groups (broad SMARTS) is 2. The topological polar surface area (TPSA) is 119 Å². The molecule has 3 N–H and O–H groups in total. The van der Waals surface area contributed by atoms with Crippen LogP contribution in [0, 0.1) is 5.92 Å². The molecule has 0 aliphatic carbocycles. The van der Waals surface area contributed by atoms with E-state index >= 15 is 0 Å². The Hall–Kier alpha value is -3.80. The van der Waals surface area contributed by atoms with Crippen LogP contribution in [-0.2, 0) is 4.79 Å². The van der Waals surface area contributed by atoms with E-state index in [-0.39, 0.29) is 11.5 Å². The minimum atomic E-state index is -5.08. The predicted octanol–water partition coefficient (Wildman–Crippen LogP) is 4.59. The molecule has 0 bridgehead atoms. The smallest absolute Gasteiger partial charge is 0.490 e. The van der Waals surface area contributed by atoms with Crippen molar-refractivity contribution >= 4 is 29.2 Å². The Morgan fingerprint density at radius 2 is 1.64 bits per heavy atom. The third-order valence-corrected chi connectivity index (χ3v) is 6.65. The van der Waals surface area contributed by atoms with Crippen LogP contribution in [0.2, 0.25) is 0 Å². The van der Waals surface area contributed by atoms with Crippen molar-refractivity contribution in [2.45, 2.75) is 31.9 Å². The van der Waals surface area contributed by atoms with E-state index < -0.39 is 18.1 Å². The zero-order chi connectivity index (χ0) is 28.6. The fourth-order valence-corrected chi connectivity index (χ4v) is 4.77. The number of ether oxygens (including phenoxy) is 1. The highest BCUT2D eigenvalue weighted by Gasteiger charge is 2.38. The SMILES string of the molecule is COc1ccc(C(=O)Nc2ccc(N3CCCC(CN4CCCC4)C3)c(C(=O)O)c2)cc1.O=C(O)C(F)(F)F. The van der Waals surface area contributed by atoms with Crippen molar-refractivity contribution in [2.75, 3.05) is 50.1 Å². The number of carbonyl (C=O) groups is 3. The van der Waals surface area contributed by atoms with Gasteiger partial charge in [-0.2, -0.15) is 13.2 Å². The number of halogens is 3. The van der Waals surface area contributed by atoms with E-state index in [1.54, 1.807) is 43.5 Å². The third-order valence-electron chi connectivity index (χ3n) is 6.65. The second-order valence-corrected chi connectivity index (χ2v) is 9.48. The highest BCUT2D eigenvalue weighted by Crippen LogP contribution is 2.30. The summed E-state index contributed by atoms with van der Waals surface area (Å²) in [5, 5.41) is 19.8.